The Hall–Kier alpha value is -2.63. The van der Waals surface area contributed by atoms with Gasteiger partial charge in [-0.25, -0.2) is 9.48 Å². The highest BCUT2D eigenvalue weighted by molar-refractivity contribution is 5.96. The number of para-hydroxylation sites is 1. The highest BCUT2D eigenvalue weighted by atomic mass is 16.4. The van der Waals surface area contributed by atoms with E-state index in [0.717, 1.165) is 49.0 Å². The summed E-state index contributed by atoms with van der Waals surface area (Å²) in [6.07, 6.45) is 4.40. The van der Waals surface area contributed by atoms with Crippen molar-refractivity contribution in [3.05, 3.63) is 47.3 Å². The van der Waals surface area contributed by atoms with Gasteiger partial charge in [0.2, 0.25) is 0 Å². The SMILES string of the molecule is O=C(NC(C(=O)O)C1CC1)c1nn(-c2ccccc2)c2c1CCC2. The van der Waals surface area contributed by atoms with Crippen molar-refractivity contribution in [2.24, 2.45) is 5.92 Å². The van der Waals surface area contributed by atoms with Crippen LogP contribution < -0.4 is 5.32 Å². The van der Waals surface area contributed by atoms with Crippen molar-refractivity contribution in [1.29, 1.82) is 0 Å². The molecule has 0 radical (unpaired) electrons. The molecule has 124 valence electrons. The zero-order valence-corrected chi connectivity index (χ0v) is 13.2. The third-order valence-electron chi connectivity index (χ3n) is 4.79. The van der Waals surface area contributed by atoms with Gasteiger partial charge in [-0.2, -0.15) is 5.10 Å². The number of carboxylic acid groups (broad SMARTS) is 1. The summed E-state index contributed by atoms with van der Waals surface area (Å²) < 4.78 is 1.82. The van der Waals surface area contributed by atoms with Gasteiger partial charge in [0.25, 0.3) is 5.91 Å². The Morgan fingerprint density at radius 3 is 2.62 bits per heavy atom. The number of hydrogen-bond donors (Lipinski definition) is 2. The van der Waals surface area contributed by atoms with E-state index in [4.69, 9.17) is 0 Å². The Kier molecular flexibility index (Phi) is 3.59. The normalized spacial score (nSPS) is 17.3. The Bertz CT molecular complexity index is 793. The largest absolute Gasteiger partial charge is 0.480 e. The number of hydrogen-bond acceptors (Lipinski definition) is 3. The third-order valence-corrected chi connectivity index (χ3v) is 4.79. The van der Waals surface area contributed by atoms with Crippen LogP contribution in [0.3, 0.4) is 0 Å². The van der Waals surface area contributed by atoms with E-state index in [0.29, 0.717) is 5.69 Å². The summed E-state index contributed by atoms with van der Waals surface area (Å²) in [5.41, 5.74) is 3.31. The molecule has 0 aliphatic heterocycles. The van der Waals surface area contributed by atoms with E-state index in [2.05, 4.69) is 10.4 Å². The van der Waals surface area contributed by atoms with Crippen molar-refractivity contribution in [3.8, 4) is 5.69 Å². The Labute approximate surface area is 139 Å². The van der Waals surface area contributed by atoms with E-state index in [-0.39, 0.29) is 11.8 Å². The summed E-state index contributed by atoms with van der Waals surface area (Å²) in [5.74, 6) is -1.29. The molecule has 0 bridgehead atoms. The molecule has 6 heteroatoms. The van der Waals surface area contributed by atoms with Crippen LogP contribution in [0.15, 0.2) is 30.3 Å². The molecular weight excluding hydrogens is 306 g/mol. The van der Waals surface area contributed by atoms with Crippen LogP contribution in [0.2, 0.25) is 0 Å². The van der Waals surface area contributed by atoms with E-state index >= 15 is 0 Å². The highest BCUT2D eigenvalue weighted by Gasteiger charge is 2.38. The summed E-state index contributed by atoms with van der Waals surface area (Å²) >= 11 is 0. The van der Waals surface area contributed by atoms with Crippen molar-refractivity contribution in [2.75, 3.05) is 0 Å². The molecule has 1 unspecified atom stereocenters. The van der Waals surface area contributed by atoms with Gasteiger partial charge >= 0.3 is 5.97 Å². The average molecular weight is 325 g/mol. The lowest BCUT2D eigenvalue weighted by atomic mass is 10.1. The van der Waals surface area contributed by atoms with Gasteiger partial charge in [0.1, 0.15) is 6.04 Å². The summed E-state index contributed by atoms with van der Waals surface area (Å²) in [4.78, 5) is 24.0. The molecule has 1 saturated carbocycles. The van der Waals surface area contributed by atoms with E-state index in [1.54, 1.807) is 0 Å². The van der Waals surface area contributed by atoms with Crippen LogP contribution in [0.4, 0.5) is 0 Å². The zero-order chi connectivity index (χ0) is 16.7. The van der Waals surface area contributed by atoms with Gasteiger partial charge in [-0.1, -0.05) is 18.2 Å². The topological polar surface area (TPSA) is 84.2 Å². The monoisotopic (exact) mass is 325 g/mol. The predicted octanol–water partition coefficient (Wildman–Crippen LogP) is 1.95. The first-order valence-corrected chi connectivity index (χ1v) is 8.35. The summed E-state index contributed by atoms with van der Waals surface area (Å²) in [5, 5.41) is 16.5. The lowest BCUT2D eigenvalue weighted by Crippen LogP contribution is -2.42. The van der Waals surface area contributed by atoms with Crippen LogP contribution in [0.5, 0.6) is 0 Å². The second-order valence-electron chi connectivity index (χ2n) is 6.50. The van der Waals surface area contributed by atoms with Crippen molar-refractivity contribution >= 4 is 11.9 Å². The maximum absolute atomic E-state index is 12.6. The molecule has 4 rings (SSSR count). The molecule has 2 aliphatic rings. The van der Waals surface area contributed by atoms with Crippen LogP contribution >= 0.6 is 0 Å². The fraction of sp³-hybridized carbons (Fsp3) is 0.389. The molecule has 1 amide bonds. The number of aliphatic carboxylic acids is 1. The molecule has 1 aromatic carbocycles. The molecule has 0 spiro atoms. The molecule has 2 N–H and O–H groups in total. The van der Waals surface area contributed by atoms with E-state index < -0.39 is 12.0 Å². The molecule has 6 nitrogen and oxygen atoms in total. The van der Waals surface area contributed by atoms with Gasteiger partial charge in [-0.3, -0.25) is 4.79 Å². The number of carboxylic acids is 1. The fourth-order valence-electron chi connectivity index (χ4n) is 3.42. The van der Waals surface area contributed by atoms with Gasteiger partial charge in [-0.15, -0.1) is 0 Å². The maximum Gasteiger partial charge on any atom is 0.326 e. The number of nitrogens with one attached hydrogen (secondary N) is 1. The maximum atomic E-state index is 12.6. The van der Waals surface area contributed by atoms with Gasteiger partial charge in [-0.05, 0) is 50.2 Å². The number of nitrogens with zero attached hydrogens (tertiary/aromatic N) is 2. The lowest BCUT2D eigenvalue weighted by molar-refractivity contribution is -0.139. The minimum atomic E-state index is -0.968. The predicted molar refractivity (Wildman–Crippen MR) is 87.2 cm³/mol. The smallest absolute Gasteiger partial charge is 0.326 e. The number of aromatic nitrogens is 2. The van der Waals surface area contributed by atoms with Crippen molar-refractivity contribution in [1.82, 2.24) is 15.1 Å². The van der Waals surface area contributed by atoms with Crippen LogP contribution in [-0.4, -0.2) is 32.8 Å². The molecule has 1 fully saturated rings. The molecule has 1 aromatic heterocycles. The summed E-state index contributed by atoms with van der Waals surface area (Å²) in [6.45, 7) is 0. The number of carbonyl (C=O) groups excluding carboxylic acids is 1. The first-order chi connectivity index (χ1) is 11.6. The number of carbonyl (C=O) groups is 2. The molecular formula is C18H19N3O3. The Morgan fingerprint density at radius 2 is 1.96 bits per heavy atom. The van der Waals surface area contributed by atoms with Crippen molar-refractivity contribution < 1.29 is 14.7 Å². The summed E-state index contributed by atoms with van der Waals surface area (Å²) in [7, 11) is 0. The minimum absolute atomic E-state index is 0.0516. The third kappa shape index (κ3) is 2.58. The van der Waals surface area contributed by atoms with Crippen LogP contribution in [0, 0.1) is 5.92 Å². The van der Waals surface area contributed by atoms with Gasteiger partial charge in [0.15, 0.2) is 5.69 Å². The standard InChI is InChI=1S/C18H19N3O3/c22-17(19-15(18(23)24)11-9-10-11)16-13-7-4-8-14(13)21(20-16)12-5-2-1-3-6-12/h1-3,5-6,11,15H,4,7-10H2,(H,19,22)(H,23,24). The molecule has 2 aromatic rings. The van der Waals surface area contributed by atoms with E-state index in [1.165, 1.54) is 0 Å². The first-order valence-electron chi connectivity index (χ1n) is 8.35. The van der Waals surface area contributed by atoms with Crippen molar-refractivity contribution in [3.63, 3.8) is 0 Å². The lowest BCUT2D eigenvalue weighted by Gasteiger charge is -2.12. The van der Waals surface area contributed by atoms with E-state index in [1.807, 2.05) is 35.0 Å². The second kappa shape index (κ2) is 5.78. The number of rotatable bonds is 5. The average Bonchev–Trinajstić information content (AvgIpc) is 3.18. The number of amides is 1. The van der Waals surface area contributed by atoms with E-state index in [9.17, 15) is 14.7 Å². The molecule has 0 saturated heterocycles. The molecule has 1 atom stereocenters. The number of benzene rings is 1. The Morgan fingerprint density at radius 1 is 1.21 bits per heavy atom. The highest BCUT2D eigenvalue weighted by Crippen LogP contribution is 2.33. The van der Waals surface area contributed by atoms with Crippen LogP contribution in [0.25, 0.3) is 5.69 Å². The Balaban J connectivity index is 1.66. The minimum Gasteiger partial charge on any atom is -0.480 e. The van der Waals surface area contributed by atoms with Gasteiger partial charge < -0.3 is 10.4 Å². The van der Waals surface area contributed by atoms with Gasteiger partial charge in [0.05, 0.1) is 5.69 Å². The second-order valence-corrected chi connectivity index (χ2v) is 6.50. The molecule has 2 aliphatic carbocycles. The number of fused-ring (bicyclic) bond motifs is 1. The van der Waals surface area contributed by atoms with Crippen molar-refractivity contribution in [2.45, 2.75) is 38.1 Å². The van der Waals surface area contributed by atoms with Crippen LogP contribution in [0.1, 0.15) is 41.0 Å². The van der Waals surface area contributed by atoms with Gasteiger partial charge in [0, 0.05) is 11.3 Å². The quantitative estimate of drug-likeness (QED) is 0.880. The van der Waals surface area contributed by atoms with Crippen LogP contribution in [-0.2, 0) is 17.6 Å². The zero-order valence-electron chi connectivity index (χ0n) is 13.2. The summed E-state index contributed by atoms with van der Waals surface area (Å²) in [6, 6.07) is 8.91. The molecule has 24 heavy (non-hydrogen) atoms. The fourth-order valence-corrected chi connectivity index (χ4v) is 3.42. The first kappa shape index (κ1) is 14.9. The molecule has 1 heterocycles.